The van der Waals surface area contributed by atoms with Gasteiger partial charge in [0.2, 0.25) is 5.76 Å². The predicted octanol–water partition coefficient (Wildman–Crippen LogP) is 3.72. The van der Waals surface area contributed by atoms with E-state index >= 15 is 0 Å². The van der Waals surface area contributed by atoms with E-state index in [-0.39, 0.29) is 12.4 Å². The highest BCUT2D eigenvalue weighted by Crippen LogP contribution is 2.21. The number of benzene rings is 1. The average molecular weight is 283 g/mol. The SMILES string of the molecule is CC(=O)c1ccc(OCc2cc(-c3ccco3)on2)cc1. The van der Waals surface area contributed by atoms with Crippen molar-refractivity contribution in [1.82, 2.24) is 5.16 Å². The molecule has 0 bridgehead atoms. The fourth-order valence-electron chi connectivity index (χ4n) is 1.86. The van der Waals surface area contributed by atoms with Crippen LogP contribution in [0.4, 0.5) is 0 Å². The maximum absolute atomic E-state index is 11.2. The van der Waals surface area contributed by atoms with Crippen LogP contribution in [0, 0.1) is 0 Å². The molecule has 0 aliphatic rings. The molecule has 2 aromatic heterocycles. The number of carbonyl (C=O) groups excluding carboxylic acids is 1. The second-order valence-corrected chi connectivity index (χ2v) is 4.53. The minimum atomic E-state index is 0.0288. The van der Waals surface area contributed by atoms with Crippen LogP contribution in [0.25, 0.3) is 11.5 Å². The summed E-state index contributed by atoms with van der Waals surface area (Å²) < 4.78 is 16.0. The summed E-state index contributed by atoms with van der Waals surface area (Å²) >= 11 is 0. The number of ketones is 1. The van der Waals surface area contributed by atoms with E-state index in [0.717, 1.165) is 0 Å². The summed E-state index contributed by atoms with van der Waals surface area (Å²) in [5.41, 5.74) is 1.32. The second kappa shape index (κ2) is 5.66. The van der Waals surface area contributed by atoms with E-state index < -0.39 is 0 Å². The van der Waals surface area contributed by atoms with Gasteiger partial charge in [0.1, 0.15) is 18.1 Å². The molecule has 0 radical (unpaired) electrons. The Morgan fingerprint density at radius 2 is 2.00 bits per heavy atom. The Morgan fingerprint density at radius 3 is 2.67 bits per heavy atom. The van der Waals surface area contributed by atoms with Crippen molar-refractivity contribution in [2.45, 2.75) is 13.5 Å². The van der Waals surface area contributed by atoms with E-state index in [9.17, 15) is 4.79 Å². The van der Waals surface area contributed by atoms with Gasteiger partial charge in [-0.3, -0.25) is 4.79 Å². The molecule has 0 aliphatic carbocycles. The lowest BCUT2D eigenvalue weighted by molar-refractivity contribution is 0.101. The van der Waals surface area contributed by atoms with E-state index in [0.29, 0.717) is 28.5 Å². The standard InChI is InChI=1S/C16H13NO4/c1-11(18)12-4-6-14(7-5-12)20-10-13-9-16(21-17-13)15-3-2-8-19-15/h2-9H,10H2,1H3. The van der Waals surface area contributed by atoms with Crippen molar-refractivity contribution in [3.63, 3.8) is 0 Å². The summed E-state index contributed by atoms with van der Waals surface area (Å²) in [5.74, 6) is 1.88. The van der Waals surface area contributed by atoms with E-state index in [1.807, 2.05) is 0 Å². The van der Waals surface area contributed by atoms with Crippen LogP contribution in [0.15, 0.2) is 57.7 Å². The van der Waals surface area contributed by atoms with Crippen LogP contribution in [0.2, 0.25) is 0 Å². The van der Waals surface area contributed by atoms with Crippen LogP contribution in [-0.4, -0.2) is 10.9 Å². The van der Waals surface area contributed by atoms with Gasteiger partial charge in [-0.15, -0.1) is 0 Å². The van der Waals surface area contributed by atoms with Gasteiger partial charge in [-0.2, -0.15) is 0 Å². The third kappa shape index (κ3) is 3.02. The molecular weight excluding hydrogens is 270 g/mol. The number of Topliss-reactive ketones (excluding diaryl/α,β-unsaturated/α-hetero) is 1. The zero-order valence-electron chi connectivity index (χ0n) is 11.4. The summed E-state index contributed by atoms with van der Waals surface area (Å²) in [5, 5.41) is 3.92. The number of furan rings is 1. The minimum absolute atomic E-state index is 0.0288. The second-order valence-electron chi connectivity index (χ2n) is 4.53. The molecule has 1 aromatic carbocycles. The Kier molecular flexibility index (Phi) is 3.55. The highest BCUT2D eigenvalue weighted by atomic mass is 16.5. The molecule has 0 saturated heterocycles. The number of carbonyl (C=O) groups is 1. The lowest BCUT2D eigenvalue weighted by Gasteiger charge is -2.03. The molecule has 106 valence electrons. The molecule has 0 spiro atoms. The fraction of sp³-hybridized carbons (Fsp3) is 0.125. The third-order valence-electron chi connectivity index (χ3n) is 2.97. The van der Waals surface area contributed by atoms with Gasteiger partial charge in [0.15, 0.2) is 11.5 Å². The Bertz CT molecular complexity index is 726. The van der Waals surface area contributed by atoms with Gasteiger partial charge >= 0.3 is 0 Å². The number of aromatic nitrogens is 1. The largest absolute Gasteiger partial charge is 0.487 e. The number of hydrogen-bond donors (Lipinski definition) is 0. The lowest BCUT2D eigenvalue weighted by Crippen LogP contribution is -1.96. The fourth-order valence-corrected chi connectivity index (χ4v) is 1.86. The van der Waals surface area contributed by atoms with Crippen LogP contribution in [0.5, 0.6) is 5.75 Å². The first-order valence-corrected chi connectivity index (χ1v) is 6.45. The highest BCUT2D eigenvalue weighted by Gasteiger charge is 2.09. The molecule has 0 unspecified atom stereocenters. The molecule has 0 atom stereocenters. The van der Waals surface area contributed by atoms with Crippen LogP contribution < -0.4 is 4.74 Å². The summed E-state index contributed by atoms with van der Waals surface area (Å²) in [7, 11) is 0. The van der Waals surface area contributed by atoms with Crippen LogP contribution in [-0.2, 0) is 6.61 Å². The van der Waals surface area contributed by atoms with Crippen molar-refractivity contribution in [1.29, 1.82) is 0 Å². The van der Waals surface area contributed by atoms with E-state index in [4.69, 9.17) is 13.7 Å². The molecule has 3 aromatic rings. The van der Waals surface area contributed by atoms with Gasteiger partial charge in [-0.1, -0.05) is 5.16 Å². The average Bonchev–Trinajstić information content (AvgIpc) is 3.16. The molecule has 3 rings (SSSR count). The molecule has 5 heteroatoms. The number of rotatable bonds is 5. The topological polar surface area (TPSA) is 65.5 Å². The zero-order chi connectivity index (χ0) is 14.7. The molecule has 0 aliphatic heterocycles. The van der Waals surface area contributed by atoms with Gasteiger partial charge in [-0.05, 0) is 43.3 Å². The van der Waals surface area contributed by atoms with Crippen molar-refractivity contribution < 1.29 is 18.5 Å². The smallest absolute Gasteiger partial charge is 0.202 e. The summed E-state index contributed by atoms with van der Waals surface area (Å²) in [6.07, 6.45) is 1.57. The van der Waals surface area contributed by atoms with Crippen molar-refractivity contribution >= 4 is 5.78 Å². The molecule has 0 N–H and O–H groups in total. The Balaban J connectivity index is 1.64. The Morgan fingerprint density at radius 1 is 1.19 bits per heavy atom. The lowest BCUT2D eigenvalue weighted by atomic mass is 10.1. The van der Waals surface area contributed by atoms with E-state index in [2.05, 4.69) is 5.16 Å². The number of hydrogen-bond acceptors (Lipinski definition) is 5. The zero-order valence-corrected chi connectivity index (χ0v) is 11.4. The maximum atomic E-state index is 11.2. The van der Waals surface area contributed by atoms with Crippen LogP contribution >= 0.6 is 0 Å². The van der Waals surface area contributed by atoms with Crippen molar-refractivity contribution in [2.75, 3.05) is 0 Å². The van der Waals surface area contributed by atoms with Crippen molar-refractivity contribution in [3.05, 3.63) is 60.0 Å². The van der Waals surface area contributed by atoms with Crippen molar-refractivity contribution in [3.8, 4) is 17.3 Å². The monoisotopic (exact) mass is 283 g/mol. The minimum Gasteiger partial charge on any atom is -0.487 e. The van der Waals surface area contributed by atoms with Gasteiger partial charge in [0, 0.05) is 11.6 Å². The highest BCUT2D eigenvalue weighted by molar-refractivity contribution is 5.94. The first-order chi connectivity index (χ1) is 10.2. The Hall–Kier alpha value is -2.82. The molecule has 2 heterocycles. The molecule has 0 saturated carbocycles. The van der Waals surface area contributed by atoms with E-state index in [1.54, 1.807) is 48.7 Å². The summed E-state index contributed by atoms with van der Waals surface area (Å²) in [6, 6.07) is 12.3. The van der Waals surface area contributed by atoms with Gasteiger partial charge in [0.25, 0.3) is 0 Å². The third-order valence-corrected chi connectivity index (χ3v) is 2.97. The maximum Gasteiger partial charge on any atom is 0.202 e. The molecule has 5 nitrogen and oxygen atoms in total. The van der Waals surface area contributed by atoms with Gasteiger partial charge in [-0.25, -0.2) is 0 Å². The van der Waals surface area contributed by atoms with E-state index in [1.165, 1.54) is 6.92 Å². The van der Waals surface area contributed by atoms with Gasteiger partial charge in [0.05, 0.1) is 6.26 Å². The molecular formula is C16H13NO4. The van der Waals surface area contributed by atoms with Crippen LogP contribution in [0.3, 0.4) is 0 Å². The van der Waals surface area contributed by atoms with Gasteiger partial charge < -0.3 is 13.7 Å². The first kappa shape index (κ1) is 13.2. The summed E-state index contributed by atoms with van der Waals surface area (Å²) in [4.78, 5) is 11.2. The van der Waals surface area contributed by atoms with Crippen LogP contribution in [0.1, 0.15) is 23.0 Å². The predicted molar refractivity (Wildman–Crippen MR) is 75.0 cm³/mol. The molecule has 21 heavy (non-hydrogen) atoms. The normalized spacial score (nSPS) is 10.5. The van der Waals surface area contributed by atoms with Crippen molar-refractivity contribution in [2.24, 2.45) is 0 Å². The molecule has 0 fully saturated rings. The number of ether oxygens (including phenoxy) is 1. The first-order valence-electron chi connectivity index (χ1n) is 6.45. The quantitative estimate of drug-likeness (QED) is 0.668. The molecule has 0 amide bonds. The Labute approximate surface area is 121 Å². The summed E-state index contributed by atoms with van der Waals surface area (Å²) in [6.45, 7) is 1.81. The number of nitrogens with zero attached hydrogens (tertiary/aromatic N) is 1.